The molecule has 1 N–H and O–H groups in total. The van der Waals surface area contributed by atoms with Crippen LogP contribution < -0.4 is 10.1 Å². The molecule has 5 nitrogen and oxygen atoms in total. The molecule has 2 aromatic rings. The first kappa shape index (κ1) is 25.2. The third-order valence-electron chi connectivity index (χ3n) is 5.31. The van der Waals surface area contributed by atoms with Crippen LogP contribution in [0, 0.1) is 11.6 Å². The average molecular weight is 513 g/mol. The van der Waals surface area contributed by atoms with Crippen molar-refractivity contribution in [3.8, 4) is 5.75 Å². The third-order valence-corrected chi connectivity index (χ3v) is 7.86. The highest BCUT2D eigenvalue weighted by atomic mass is 32.3. The van der Waals surface area contributed by atoms with Gasteiger partial charge in [-0.1, -0.05) is 6.07 Å². The van der Waals surface area contributed by atoms with Crippen LogP contribution in [-0.2, 0) is 15.0 Å². The van der Waals surface area contributed by atoms with Crippen LogP contribution in [0.25, 0.3) is 0 Å². The molecule has 180 valence electrons. The number of amides is 1. The first-order chi connectivity index (χ1) is 15.2. The standard InChI is InChI=1S/C20H17F6NO4S2/c1-19(20(23,24)25)9-13(12-7-8-14(21)15(22)16(12)31-2)17(32-19)18(28)27-10-3-5-11(6-4-10)33(26,29)30/h3-8,13,17H,9H2,1-2H3,(H,27,28). The van der Waals surface area contributed by atoms with Gasteiger partial charge in [0, 0.05) is 17.2 Å². The number of carbonyl (C=O) groups excluding carboxylic acids is 1. The summed E-state index contributed by atoms with van der Waals surface area (Å²) >= 11 is 0.322. The van der Waals surface area contributed by atoms with Crippen LogP contribution in [0.1, 0.15) is 24.8 Å². The monoisotopic (exact) mass is 513 g/mol. The highest BCUT2D eigenvalue weighted by Crippen LogP contribution is 2.59. The number of ether oxygens (including phenoxy) is 1. The van der Waals surface area contributed by atoms with Gasteiger partial charge in [0.15, 0.2) is 11.6 Å². The Balaban J connectivity index is 1.98. The van der Waals surface area contributed by atoms with Crippen molar-refractivity contribution in [2.45, 2.75) is 40.3 Å². The van der Waals surface area contributed by atoms with Gasteiger partial charge in [-0.3, -0.25) is 4.79 Å². The number of methoxy groups -OCH3 is 1. The first-order valence-electron chi connectivity index (χ1n) is 9.30. The number of hydrogen-bond acceptors (Lipinski definition) is 5. The Labute approximate surface area is 189 Å². The lowest BCUT2D eigenvalue weighted by Gasteiger charge is -2.26. The molecule has 0 radical (unpaired) electrons. The molecule has 3 atom stereocenters. The second kappa shape index (κ2) is 8.75. The van der Waals surface area contributed by atoms with Gasteiger partial charge >= 0.3 is 16.4 Å². The zero-order chi connectivity index (χ0) is 24.8. The molecule has 0 aliphatic carbocycles. The SMILES string of the molecule is COc1c(C2CC(C)(C(F)(F)F)SC2C(=O)Nc2ccc(S(=O)(=O)F)cc2)ccc(F)c1F. The number of rotatable bonds is 5. The van der Waals surface area contributed by atoms with E-state index in [0.717, 1.165) is 50.4 Å². The Morgan fingerprint density at radius 2 is 1.76 bits per heavy atom. The molecule has 1 heterocycles. The molecule has 1 saturated heterocycles. The topological polar surface area (TPSA) is 72.5 Å². The van der Waals surface area contributed by atoms with E-state index in [0.29, 0.717) is 11.8 Å². The number of anilines is 1. The van der Waals surface area contributed by atoms with E-state index in [9.17, 15) is 39.1 Å². The molecule has 1 aliphatic heterocycles. The van der Waals surface area contributed by atoms with Crippen LogP contribution in [0.2, 0.25) is 0 Å². The number of halogens is 6. The molecule has 1 amide bonds. The van der Waals surface area contributed by atoms with E-state index in [2.05, 4.69) is 5.32 Å². The number of carbonyl (C=O) groups is 1. The zero-order valence-electron chi connectivity index (χ0n) is 17.0. The quantitative estimate of drug-likeness (QED) is 0.441. The molecule has 3 unspecified atom stereocenters. The summed E-state index contributed by atoms with van der Waals surface area (Å²) < 4.78 is 107. The van der Waals surface area contributed by atoms with Crippen LogP contribution in [-0.4, -0.2) is 37.6 Å². The van der Waals surface area contributed by atoms with Crippen molar-refractivity contribution in [2.24, 2.45) is 0 Å². The second-order valence-electron chi connectivity index (χ2n) is 7.51. The lowest BCUT2D eigenvalue weighted by molar-refractivity contribution is -0.155. The summed E-state index contributed by atoms with van der Waals surface area (Å²) in [4.78, 5) is 12.3. The molecule has 1 aliphatic rings. The van der Waals surface area contributed by atoms with Gasteiger partial charge in [0.2, 0.25) is 11.7 Å². The fourth-order valence-corrected chi connectivity index (χ4v) is 5.59. The van der Waals surface area contributed by atoms with E-state index in [4.69, 9.17) is 4.74 Å². The smallest absolute Gasteiger partial charge is 0.403 e. The molecule has 1 fully saturated rings. The lowest BCUT2D eigenvalue weighted by Crippen LogP contribution is -2.37. The Morgan fingerprint density at radius 3 is 2.27 bits per heavy atom. The minimum absolute atomic E-state index is 0.00427. The van der Waals surface area contributed by atoms with Gasteiger partial charge in [0.25, 0.3) is 0 Å². The van der Waals surface area contributed by atoms with Crippen LogP contribution in [0.3, 0.4) is 0 Å². The molecule has 13 heteroatoms. The Bertz CT molecular complexity index is 1170. The molecule has 0 aromatic heterocycles. The zero-order valence-corrected chi connectivity index (χ0v) is 18.7. The normalized spacial score (nSPS) is 23.4. The average Bonchev–Trinajstić information content (AvgIpc) is 3.08. The summed E-state index contributed by atoms with van der Waals surface area (Å²) in [5.41, 5.74) is -0.0968. The summed E-state index contributed by atoms with van der Waals surface area (Å²) in [7, 11) is -3.95. The first-order valence-corrected chi connectivity index (χ1v) is 11.6. The van der Waals surface area contributed by atoms with E-state index < -0.39 is 66.9 Å². The Kier molecular flexibility index (Phi) is 6.68. The van der Waals surface area contributed by atoms with E-state index in [1.54, 1.807) is 0 Å². The Morgan fingerprint density at radius 1 is 1.15 bits per heavy atom. The number of alkyl halides is 3. The molecule has 33 heavy (non-hydrogen) atoms. The molecule has 0 spiro atoms. The molecule has 2 aromatic carbocycles. The van der Waals surface area contributed by atoms with Crippen molar-refractivity contribution in [3.63, 3.8) is 0 Å². The van der Waals surface area contributed by atoms with E-state index in [1.165, 1.54) is 0 Å². The van der Waals surface area contributed by atoms with Gasteiger partial charge in [-0.05, 0) is 43.7 Å². The largest absolute Gasteiger partial charge is 0.493 e. The van der Waals surface area contributed by atoms with Crippen molar-refractivity contribution >= 4 is 33.6 Å². The van der Waals surface area contributed by atoms with E-state index >= 15 is 0 Å². The number of thioether (sulfide) groups is 1. The van der Waals surface area contributed by atoms with Crippen molar-refractivity contribution in [1.29, 1.82) is 0 Å². The number of benzene rings is 2. The van der Waals surface area contributed by atoms with Gasteiger partial charge in [0.05, 0.1) is 17.3 Å². The minimum Gasteiger partial charge on any atom is -0.493 e. The van der Waals surface area contributed by atoms with Gasteiger partial charge in [0.1, 0.15) is 4.75 Å². The minimum atomic E-state index is -4.98. The summed E-state index contributed by atoms with van der Waals surface area (Å²) in [5.74, 6) is -5.33. The maximum atomic E-state index is 14.2. The highest BCUT2D eigenvalue weighted by molar-refractivity contribution is 8.02. The molecular formula is C20H17F6NO4S2. The summed E-state index contributed by atoms with van der Waals surface area (Å²) in [6.07, 6.45) is -5.33. The molecule has 0 bridgehead atoms. The predicted octanol–water partition coefficient (Wildman–Crippen LogP) is 5.18. The molecule has 3 rings (SSSR count). The van der Waals surface area contributed by atoms with Crippen molar-refractivity contribution in [3.05, 3.63) is 53.6 Å². The Hall–Kier alpha value is -2.41. The lowest BCUT2D eigenvalue weighted by atomic mass is 9.85. The van der Waals surface area contributed by atoms with Gasteiger partial charge < -0.3 is 10.1 Å². The maximum absolute atomic E-state index is 14.2. The summed E-state index contributed by atoms with van der Waals surface area (Å²) in [5, 5.41) is 0.973. The van der Waals surface area contributed by atoms with Crippen LogP contribution in [0.4, 0.5) is 31.5 Å². The van der Waals surface area contributed by atoms with E-state index in [1.807, 2.05) is 0 Å². The van der Waals surface area contributed by atoms with Crippen LogP contribution in [0.15, 0.2) is 41.3 Å². The van der Waals surface area contributed by atoms with Crippen molar-refractivity contribution in [2.75, 3.05) is 12.4 Å². The van der Waals surface area contributed by atoms with Crippen LogP contribution >= 0.6 is 11.8 Å². The van der Waals surface area contributed by atoms with E-state index in [-0.39, 0.29) is 11.3 Å². The number of hydrogen-bond donors (Lipinski definition) is 1. The van der Waals surface area contributed by atoms with Gasteiger partial charge in [-0.25, -0.2) is 4.39 Å². The maximum Gasteiger partial charge on any atom is 0.403 e. The fraction of sp³-hybridized carbons (Fsp3) is 0.350. The van der Waals surface area contributed by atoms with Crippen LogP contribution in [0.5, 0.6) is 5.75 Å². The fourth-order valence-electron chi connectivity index (χ4n) is 3.59. The summed E-state index contributed by atoms with van der Waals surface area (Å²) in [6.45, 7) is 0.908. The second-order valence-corrected chi connectivity index (χ2v) is 10.5. The summed E-state index contributed by atoms with van der Waals surface area (Å²) in [6, 6.07) is 5.71. The van der Waals surface area contributed by atoms with Gasteiger partial charge in [-0.15, -0.1) is 15.6 Å². The third kappa shape index (κ3) is 4.93. The molecular weight excluding hydrogens is 496 g/mol. The van der Waals surface area contributed by atoms with Gasteiger partial charge in [-0.2, -0.15) is 26.0 Å². The van der Waals surface area contributed by atoms with Crippen molar-refractivity contribution < 1.29 is 43.8 Å². The van der Waals surface area contributed by atoms with Crippen molar-refractivity contribution in [1.82, 2.24) is 0 Å². The molecule has 0 saturated carbocycles. The predicted molar refractivity (Wildman–Crippen MR) is 109 cm³/mol. The number of nitrogens with one attached hydrogen (secondary N) is 1. The highest BCUT2D eigenvalue weighted by Gasteiger charge is 2.60.